The largest absolute Gasteiger partial charge is 0.384 e. The number of nitrogen functional groups attached to an aromatic ring is 1. The third kappa shape index (κ3) is 1.71. The maximum Gasteiger partial charge on any atom is 0.165 e. The summed E-state index contributed by atoms with van der Waals surface area (Å²) < 4.78 is 12.6. The molecule has 0 aliphatic rings. The van der Waals surface area contributed by atoms with E-state index in [9.17, 15) is 9.50 Å². The number of hydrogen-bond donors (Lipinski definition) is 2. The average molecular weight is 170 g/mol. The Labute approximate surface area is 70.0 Å². The van der Waals surface area contributed by atoms with Gasteiger partial charge in [0.1, 0.15) is 5.60 Å². The van der Waals surface area contributed by atoms with Gasteiger partial charge in [-0.25, -0.2) is 9.37 Å². The number of hydrogen-bond acceptors (Lipinski definition) is 3. The first kappa shape index (κ1) is 8.93. The van der Waals surface area contributed by atoms with E-state index in [-0.39, 0.29) is 5.82 Å². The number of aliphatic hydroxyl groups is 1. The van der Waals surface area contributed by atoms with Gasteiger partial charge < -0.3 is 10.8 Å². The van der Waals surface area contributed by atoms with E-state index in [4.69, 9.17) is 5.73 Å². The number of nitrogens with zero attached hydrogens (tertiary/aromatic N) is 1. The van der Waals surface area contributed by atoms with Crippen LogP contribution in [-0.2, 0) is 5.60 Å². The molecule has 1 heterocycles. The molecule has 0 spiro atoms. The summed E-state index contributed by atoms with van der Waals surface area (Å²) in [5, 5.41) is 9.46. The van der Waals surface area contributed by atoms with Crippen LogP contribution in [0.5, 0.6) is 0 Å². The van der Waals surface area contributed by atoms with Crippen molar-refractivity contribution in [3.8, 4) is 0 Å². The van der Waals surface area contributed by atoms with Crippen molar-refractivity contribution < 1.29 is 9.50 Å². The van der Waals surface area contributed by atoms with Gasteiger partial charge in [0.15, 0.2) is 11.6 Å². The summed E-state index contributed by atoms with van der Waals surface area (Å²) >= 11 is 0. The van der Waals surface area contributed by atoms with Crippen molar-refractivity contribution in [3.63, 3.8) is 0 Å². The van der Waals surface area contributed by atoms with Gasteiger partial charge in [-0.15, -0.1) is 0 Å². The Morgan fingerprint density at radius 1 is 1.50 bits per heavy atom. The zero-order valence-corrected chi connectivity index (χ0v) is 7.00. The molecule has 4 heteroatoms. The maximum atomic E-state index is 12.6. The lowest BCUT2D eigenvalue weighted by atomic mass is 10.1. The Kier molecular flexibility index (Phi) is 2.02. The fourth-order valence-electron chi connectivity index (χ4n) is 0.799. The van der Waals surface area contributed by atoms with E-state index in [1.165, 1.54) is 12.1 Å². The molecule has 0 bridgehead atoms. The zero-order chi connectivity index (χ0) is 9.35. The van der Waals surface area contributed by atoms with E-state index in [0.717, 1.165) is 0 Å². The lowest BCUT2D eigenvalue weighted by Crippen LogP contribution is -2.18. The summed E-state index contributed by atoms with van der Waals surface area (Å²) in [6.45, 7) is 3.12. The van der Waals surface area contributed by atoms with Gasteiger partial charge in [0.05, 0.1) is 5.69 Å². The van der Waals surface area contributed by atoms with Crippen LogP contribution in [0.1, 0.15) is 19.5 Å². The minimum atomic E-state index is -1.08. The van der Waals surface area contributed by atoms with Crippen molar-refractivity contribution >= 4 is 5.82 Å². The Morgan fingerprint density at radius 3 is 2.50 bits per heavy atom. The fourth-order valence-corrected chi connectivity index (χ4v) is 0.799. The molecular weight excluding hydrogens is 159 g/mol. The summed E-state index contributed by atoms with van der Waals surface area (Å²) in [5.74, 6) is -0.752. The summed E-state index contributed by atoms with van der Waals surface area (Å²) in [4.78, 5) is 3.70. The Morgan fingerprint density at radius 2 is 2.08 bits per heavy atom. The summed E-state index contributed by atoms with van der Waals surface area (Å²) in [6, 6.07) is 2.60. The van der Waals surface area contributed by atoms with E-state index in [1.54, 1.807) is 13.8 Å². The van der Waals surface area contributed by atoms with Crippen LogP contribution in [0.25, 0.3) is 0 Å². The highest BCUT2D eigenvalue weighted by Crippen LogP contribution is 2.19. The van der Waals surface area contributed by atoms with Gasteiger partial charge >= 0.3 is 0 Å². The van der Waals surface area contributed by atoms with Crippen molar-refractivity contribution in [2.75, 3.05) is 5.73 Å². The van der Waals surface area contributed by atoms with Crippen LogP contribution < -0.4 is 5.73 Å². The number of aromatic nitrogens is 1. The van der Waals surface area contributed by atoms with Crippen LogP contribution in [0.2, 0.25) is 0 Å². The van der Waals surface area contributed by atoms with Crippen LogP contribution >= 0.6 is 0 Å². The molecule has 1 rings (SSSR count). The van der Waals surface area contributed by atoms with Gasteiger partial charge in [-0.1, -0.05) is 0 Å². The van der Waals surface area contributed by atoms with Crippen molar-refractivity contribution in [2.24, 2.45) is 0 Å². The molecule has 0 radical (unpaired) electrons. The normalized spacial score (nSPS) is 11.7. The number of anilines is 1. The molecule has 0 fully saturated rings. The van der Waals surface area contributed by atoms with Crippen LogP contribution in [-0.4, -0.2) is 10.1 Å². The summed E-state index contributed by atoms with van der Waals surface area (Å²) in [5.41, 5.74) is 4.50. The van der Waals surface area contributed by atoms with Gasteiger partial charge in [0.25, 0.3) is 0 Å². The molecule has 0 saturated carbocycles. The minimum Gasteiger partial charge on any atom is -0.384 e. The molecule has 0 amide bonds. The predicted octanol–water partition coefficient (Wildman–Crippen LogP) is 1.03. The molecule has 0 saturated heterocycles. The van der Waals surface area contributed by atoms with E-state index in [1.807, 2.05) is 0 Å². The van der Waals surface area contributed by atoms with Crippen molar-refractivity contribution in [1.29, 1.82) is 0 Å². The first-order chi connectivity index (χ1) is 5.41. The van der Waals surface area contributed by atoms with Gasteiger partial charge in [-0.3, -0.25) is 0 Å². The lowest BCUT2D eigenvalue weighted by Gasteiger charge is -2.16. The second-order valence-electron chi connectivity index (χ2n) is 3.12. The van der Waals surface area contributed by atoms with Gasteiger partial charge in [-0.05, 0) is 26.0 Å². The number of nitrogens with two attached hydrogens (primary N) is 1. The quantitative estimate of drug-likeness (QED) is 0.661. The molecule has 1 aromatic heterocycles. The highest BCUT2D eigenvalue weighted by atomic mass is 19.1. The van der Waals surface area contributed by atoms with Crippen LogP contribution in [0.3, 0.4) is 0 Å². The second-order valence-corrected chi connectivity index (χ2v) is 3.12. The molecule has 12 heavy (non-hydrogen) atoms. The van der Waals surface area contributed by atoms with E-state index in [2.05, 4.69) is 4.98 Å². The van der Waals surface area contributed by atoms with Crippen molar-refractivity contribution in [1.82, 2.24) is 4.98 Å². The van der Waals surface area contributed by atoms with Gasteiger partial charge in [-0.2, -0.15) is 0 Å². The first-order valence-corrected chi connectivity index (χ1v) is 3.56. The predicted molar refractivity (Wildman–Crippen MR) is 43.9 cm³/mol. The average Bonchev–Trinajstić information content (AvgIpc) is 1.92. The zero-order valence-electron chi connectivity index (χ0n) is 7.00. The number of rotatable bonds is 1. The molecule has 3 N–H and O–H groups in total. The van der Waals surface area contributed by atoms with Crippen LogP contribution in [0.15, 0.2) is 12.1 Å². The molecule has 0 atom stereocenters. The van der Waals surface area contributed by atoms with E-state index in [0.29, 0.717) is 5.69 Å². The SMILES string of the molecule is CC(C)(O)c1ccc(F)c(N)n1. The van der Waals surface area contributed by atoms with Gasteiger partial charge in [0.2, 0.25) is 0 Å². The second kappa shape index (κ2) is 2.71. The molecule has 1 aromatic rings. The summed E-state index contributed by atoms with van der Waals surface area (Å²) in [6.07, 6.45) is 0. The first-order valence-electron chi connectivity index (χ1n) is 3.56. The number of pyridine rings is 1. The van der Waals surface area contributed by atoms with E-state index >= 15 is 0 Å². The third-order valence-electron chi connectivity index (χ3n) is 1.50. The standard InChI is InChI=1S/C8H11FN2O/c1-8(2,12)6-4-3-5(9)7(10)11-6/h3-4,12H,1-2H3,(H2,10,11). The van der Waals surface area contributed by atoms with Crippen LogP contribution in [0, 0.1) is 5.82 Å². The molecular formula is C8H11FN2O. The molecule has 3 nitrogen and oxygen atoms in total. The van der Waals surface area contributed by atoms with Crippen molar-refractivity contribution in [3.05, 3.63) is 23.6 Å². The van der Waals surface area contributed by atoms with Gasteiger partial charge in [0, 0.05) is 0 Å². The molecule has 0 aromatic carbocycles. The Balaban J connectivity index is 3.14. The van der Waals surface area contributed by atoms with E-state index < -0.39 is 11.4 Å². The Hall–Kier alpha value is -1.16. The summed E-state index contributed by atoms with van der Waals surface area (Å²) in [7, 11) is 0. The monoisotopic (exact) mass is 170 g/mol. The highest BCUT2D eigenvalue weighted by molar-refractivity contribution is 5.32. The maximum absolute atomic E-state index is 12.6. The van der Waals surface area contributed by atoms with Crippen molar-refractivity contribution in [2.45, 2.75) is 19.4 Å². The smallest absolute Gasteiger partial charge is 0.165 e. The lowest BCUT2D eigenvalue weighted by molar-refractivity contribution is 0.0739. The molecule has 66 valence electrons. The highest BCUT2D eigenvalue weighted by Gasteiger charge is 2.18. The Bertz CT molecular complexity index is 294. The molecule has 0 aliphatic carbocycles. The molecule has 0 aliphatic heterocycles. The minimum absolute atomic E-state index is 0.186. The topological polar surface area (TPSA) is 59.1 Å². The van der Waals surface area contributed by atoms with Crippen LogP contribution in [0.4, 0.5) is 10.2 Å². The third-order valence-corrected chi connectivity index (χ3v) is 1.50. The number of halogens is 1. The fraction of sp³-hybridized carbons (Fsp3) is 0.375. The molecule has 0 unspecified atom stereocenters.